The molecule has 2 atom stereocenters. The molecule has 2 amide bonds. The van der Waals surface area contributed by atoms with Crippen LogP contribution in [0.1, 0.15) is 30.0 Å². The van der Waals surface area contributed by atoms with E-state index in [1.54, 1.807) is 15.6 Å². The lowest BCUT2D eigenvalue weighted by Gasteiger charge is -2.24. The summed E-state index contributed by atoms with van der Waals surface area (Å²) in [6.07, 6.45) is 0. The van der Waals surface area contributed by atoms with E-state index in [1.807, 2.05) is 20.8 Å². The minimum absolute atomic E-state index is 0.0576. The Morgan fingerprint density at radius 3 is 2.58 bits per heavy atom. The number of carboxylic acids is 1. The van der Waals surface area contributed by atoms with Crippen LogP contribution in [0.2, 0.25) is 0 Å². The second kappa shape index (κ2) is 5.61. The lowest BCUT2D eigenvalue weighted by molar-refractivity contribution is -0.149. The second-order valence-electron chi connectivity index (χ2n) is 6.54. The molecule has 8 heteroatoms. The van der Waals surface area contributed by atoms with Gasteiger partial charge in [0.25, 0.3) is 5.91 Å². The Morgan fingerprint density at radius 2 is 2.04 bits per heavy atom. The highest BCUT2D eigenvalue weighted by Crippen LogP contribution is 2.43. The third-order valence-electron chi connectivity index (χ3n) is 5.14. The Morgan fingerprint density at radius 1 is 1.33 bits per heavy atom. The standard InChI is InChI=1S/C16H22N4O4/c1-4-18-8-16(15(23)24)9-19(7-11(16)13(18)21)14(22)12-6-10(3)17-20(12)5-2/h6,11H,4-5,7-9H2,1-3H3,(H,23,24)/t11-,16+/m1/s1. The van der Waals surface area contributed by atoms with Crippen LogP contribution in [0.25, 0.3) is 0 Å². The molecule has 0 saturated carbocycles. The fraction of sp³-hybridized carbons (Fsp3) is 0.625. The van der Waals surface area contributed by atoms with Crippen LogP contribution in [0, 0.1) is 18.3 Å². The van der Waals surface area contributed by atoms with E-state index in [0.717, 1.165) is 5.69 Å². The number of amides is 2. The van der Waals surface area contributed by atoms with Crippen molar-refractivity contribution >= 4 is 17.8 Å². The number of hydrogen-bond donors (Lipinski definition) is 1. The molecule has 0 radical (unpaired) electrons. The van der Waals surface area contributed by atoms with Crippen molar-refractivity contribution in [1.29, 1.82) is 0 Å². The summed E-state index contributed by atoms with van der Waals surface area (Å²) in [4.78, 5) is 40.3. The first kappa shape index (κ1) is 16.5. The SMILES string of the molecule is CCN1C[C@]2(C(=O)O)CN(C(=O)c3cc(C)nn3CC)C[C@@H]2C1=O. The van der Waals surface area contributed by atoms with Crippen LogP contribution >= 0.6 is 0 Å². The van der Waals surface area contributed by atoms with E-state index in [2.05, 4.69) is 5.10 Å². The lowest BCUT2D eigenvalue weighted by atomic mass is 9.81. The molecule has 1 N–H and O–H groups in total. The van der Waals surface area contributed by atoms with Gasteiger partial charge in [0, 0.05) is 32.7 Å². The largest absolute Gasteiger partial charge is 0.481 e. The summed E-state index contributed by atoms with van der Waals surface area (Å²) in [5.74, 6) is -2.11. The molecule has 2 saturated heterocycles. The van der Waals surface area contributed by atoms with Gasteiger partial charge in [0.2, 0.25) is 5.91 Å². The average Bonchev–Trinajstić information content (AvgIpc) is 3.18. The summed E-state index contributed by atoms with van der Waals surface area (Å²) in [5, 5.41) is 14.0. The van der Waals surface area contributed by atoms with Gasteiger partial charge in [-0.15, -0.1) is 0 Å². The third kappa shape index (κ3) is 2.20. The number of aryl methyl sites for hydroxylation is 2. The molecule has 3 rings (SSSR count). The molecule has 0 aliphatic carbocycles. The first-order chi connectivity index (χ1) is 11.3. The van der Waals surface area contributed by atoms with Crippen molar-refractivity contribution in [2.24, 2.45) is 11.3 Å². The van der Waals surface area contributed by atoms with Crippen molar-refractivity contribution in [2.75, 3.05) is 26.2 Å². The van der Waals surface area contributed by atoms with E-state index in [9.17, 15) is 19.5 Å². The molecule has 3 heterocycles. The highest BCUT2D eigenvalue weighted by molar-refractivity contribution is 5.97. The number of carbonyl (C=O) groups is 3. The Hall–Kier alpha value is -2.38. The number of hydrogen-bond acceptors (Lipinski definition) is 4. The van der Waals surface area contributed by atoms with E-state index in [0.29, 0.717) is 18.8 Å². The van der Waals surface area contributed by atoms with Crippen molar-refractivity contribution in [3.05, 3.63) is 17.5 Å². The van der Waals surface area contributed by atoms with Crippen LogP contribution in [-0.4, -0.2) is 68.6 Å². The minimum Gasteiger partial charge on any atom is -0.481 e. The van der Waals surface area contributed by atoms with Crippen LogP contribution in [0.5, 0.6) is 0 Å². The number of aromatic nitrogens is 2. The molecule has 0 unspecified atom stereocenters. The molecule has 1 aromatic rings. The fourth-order valence-corrected chi connectivity index (χ4v) is 3.85. The number of aliphatic carboxylic acids is 1. The second-order valence-corrected chi connectivity index (χ2v) is 6.54. The van der Waals surface area contributed by atoms with E-state index in [1.165, 1.54) is 4.90 Å². The summed E-state index contributed by atoms with van der Waals surface area (Å²) >= 11 is 0. The predicted molar refractivity (Wildman–Crippen MR) is 84.4 cm³/mol. The summed E-state index contributed by atoms with van der Waals surface area (Å²) in [6.45, 7) is 6.94. The van der Waals surface area contributed by atoms with E-state index in [4.69, 9.17) is 0 Å². The lowest BCUT2D eigenvalue weighted by Crippen LogP contribution is -2.42. The Kier molecular flexibility index (Phi) is 3.85. The number of nitrogens with zero attached hydrogens (tertiary/aromatic N) is 4. The highest BCUT2D eigenvalue weighted by atomic mass is 16.4. The highest BCUT2D eigenvalue weighted by Gasteiger charge is 2.62. The molecule has 0 bridgehead atoms. The molecule has 24 heavy (non-hydrogen) atoms. The Labute approximate surface area is 140 Å². The molecule has 0 aromatic carbocycles. The van der Waals surface area contributed by atoms with E-state index in [-0.39, 0.29) is 31.4 Å². The number of fused-ring (bicyclic) bond motifs is 1. The molecular formula is C16H22N4O4. The topological polar surface area (TPSA) is 95.7 Å². The van der Waals surface area contributed by atoms with E-state index < -0.39 is 17.3 Å². The zero-order chi connectivity index (χ0) is 17.6. The summed E-state index contributed by atoms with van der Waals surface area (Å²) in [6, 6.07) is 1.70. The zero-order valence-corrected chi connectivity index (χ0v) is 14.2. The minimum atomic E-state index is -1.20. The molecule has 0 spiro atoms. The summed E-state index contributed by atoms with van der Waals surface area (Å²) in [7, 11) is 0. The van der Waals surface area contributed by atoms with Crippen molar-refractivity contribution in [2.45, 2.75) is 27.3 Å². The van der Waals surface area contributed by atoms with Crippen LogP contribution < -0.4 is 0 Å². The molecule has 2 fully saturated rings. The Balaban J connectivity index is 1.90. The summed E-state index contributed by atoms with van der Waals surface area (Å²) in [5.41, 5.74) is -0.0226. The van der Waals surface area contributed by atoms with Gasteiger partial charge in [0.05, 0.1) is 11.6 Å². The van der Waals surface area contributed by atoms with Gasteiger partial charge in [0.15, 0.2) is 0 Å². The maximum atomic E-state index is 12.8. The van der Waals surface area contributed by atoms with Crippen LogP contribution in [0.15, 0.2) is 6.07 Å². The molecule has 130 valence electrons. The predicted octanol–water partition coefficient (Wildman–Crippen LogP) is 0.217. The number of carbonyl (C=O) groups excluding carboxylic acids is 2. The van der Waals surface area contributed by atoms with Gasteiger partial charge < -0.3 is 14.9 Å². The zero-order valence-electron chi connectivity index (χ0n) is 14.2. The van der Waals surface area contributed by atoms with Crippen molar-refractivity contribution in [1.82, 2.24) is 19.6 Å². The summed E-state index contributed by atoms with van der Waals surface area (Å²) < 4.78 is 1.61. The normalized spacial score (nSPS) is 26.1. The molecule has 8 nitrogen and oxygen atoms in total. The van der Waals surface area contributed by atoms with Crippen molar-refractivity contribution < 1.29 is 19.5 Å². The van der Waals surface area contributed by atoms with Gasteiger partial charge in [-0.05, 0) is 26.8 Å². The molecular weight excluding hydrogens is 312 g/mol. The van der Waals surface area contributed by atoms with Gasteiger partial charge in [-0.1, -0.05) is 0 Å². The van der Waals surface area contributed by atoms with Gasteiger partial charge in [-0.25, -0.2) is 0 Å². The molecule has 1 aromatic heterocycles. The third-order valence-corrected chi connectivity index (χ3v) is 5.14. The quantitative estimate of drug-likeness (QED) is 0.849. The van der Waals surface area contributed by atoms with Crippen molar-refractivity contribution in [3.8, 4) is 0 Å². The number of rotatable bonds is 4. The fourth-order valence-electron chi connectivity index (χ4n) is 3.85. The smallest absolute Gasteiger partial charge is 0.314 e. The number of carboxylic acid groups (broad SMARTS) is 1. The molecule has 2 aliphatic rings. The average molecular weight is 334 g/mol. The van der Waals surface area contributed by atoms with Crippen LogP contribution in [-0.2, 0) is 16.1 Å². The van der Waals surface area contributed by atoms with Gasteiger partial charge >= 0.3 is 5.97 Å². The van der Waals surface area contributed by atoms with Crippen molar-refractivity contribution in [3.63, 3.8) is 0 Å². The first-order valence-electron chi connectivity index (χ1n) is 8.20. The monoisotopic (exact) mass is 334 g/mol. The maximum absolute atomic E-state index is 12.8. The maximum Gasteiger partial charge on any atom is 0.314 e. The Bertz CT molecular complexity index is 713. The first-order valence-corrected chi connectivity index (χ1v) is 8.20. The molecule has 2 aliphatic heterocycles. The number of likely N-dealkylation sites (tertiary alicyclic amines) is 2. The van der Waals surface area contributed by atoms with Gasteiger partial charge in [0.1, 0.15) is 11.1 Å². The van der Waals surface area contributed by atoms with Crippen LogP contribution in [0.3, 0.4) is 0 Å². The van der Waals surface area contributed by atoms with Crippen LogP contribution in [0.4, 0.5) is 0 Å². The van der Waals surface area contributed by atoms with Gasteiger partial charge in [-0.3, -0.25) is 19.1 Å². The van der Waals surface area contributed by atoms with E-state index >= 15 is 0 Å². The van der Waals surface area contributed by atoms with Gasteiger partial charge in [-0.2, -0.15) is 5.10 Å².